The van der Waals surface area contributed by atoms with Crippen molar-refractivity contribution in [3.63, 3.8) is 0 Å². The number of aromatic amines is 1. The minimum Gasteiger partial charge on any atom is -0.386 e. The molecule has 0 saturated heterocycles. The maximum atomic E-state index is 12.2. The van der Waals surface area contributed by atoms with Crippen LogP contribution in [0.25, 0.3) is 32.9 Å². The van der Waals surface area contributed by atoms with Crippen LogP contribution in [0.1, 0.15) is 35.3 Å². The molecule has 170 valence electrons. The summed E-state index contributed by atoms with van der Waals surface area (Å²) in [5.74, 6) is -0.565. The summed E-state index contributed by atoms with van der Waals surface area (Å²) in [6.07, 6.45) is 0. The third-order valence-corrected chi connectivity index (χ3v) is 6.76. The molecule has 0 unspecified atom stereocenters. The van der Waals surface area contributed by atoms with Crippen molar-refractivity contribution in [3.05, 3.63) is 77.2 Å². The van der Waals surface area contributed by atoms with E-state index in [0.717, 1.165) is 44.0 Å². The lowest BCUT2D eigenvalue weighted by Gasteiger charge is -2.17. The molecule has 3 aromatic carbocycles. The van der Waals surface area contributed by atoms with Crippen molar-refractivity contribution in [1.29, 1.82) is 0 Å². The van der Waals surface area contributed by atoms with Gasteiger partial charge in [-0.1, -0.05) is 36.9 Å². The molecule has 0 spiro atoms. The number of hydrogen-bond acceptors (Lipinski definition) is 4. The number of amides is 1. The molecule has 5 N–H and O–H groups in total. The van der Waals surface area contributed by atoms with Crippen molar-refractivity contribution in [2.75, 3.05) is 4.72 Å². The average Bonchev–Trinajstić information content (AvgIpc) is 3.12. The van der Waals surface area contributed by atoms with Crippen LogP contribution < -0.4 is 10.5 Å². The predicted molar refractivity (Wildman–Crippen MR) is 132 cm³/mol. The summed E-state index contributed by atoms with van der Waals surface area (Å²) in [7, 11) is -3.67. The second kappa shape index (κ2) is 7.75. The van der Waals surface area contributed by atoms with Crippen LogP contribution in [0.5, 0.6) is 0 Å². The minimum absolute atomic E-state index is 0.343. The number of carbonyl (C=O) groups excluding carboxylic acids is 1. The van der Waals surface area contributed by atoms with E-state index in [2.05, 4.69) is 16.3 Å². The Hall–Kier alpha value is -3.62. The SMILES string of the molecule is C=CS(=O)(=O)Nc1cccc(-c2ccc(C(N)=O)c3[nH]c4cc(C(C)(C)O)ccc4c23)c1C. The summed E-state index contributed by atoms with van der Waals surface area (Å²) in [5, 5.41) is 12.9. The number of benzene rings is 3. The van der Waals surface area contributed by atoms with E-state index in [1.807, 2.05) is 37.3 Å². The lowest BCUT2D eigenvalue weighted by molar-refractivity contribution is 0.0787. The number of anilines is 1. The Morgan fingerprint density at radius 2 is 1.88 bits per heavy atom. The van der Waals surface area contributed by atoms with E-state index < -0.39 is 21.5 Å². The first-order valence-electron chi connectivity index (χ1n) is 10.3. The van der Waals surface area contributed by atoms with E-state index in [0.29, 0.717) is 16.8 Å². The molecule has 4 rings (SSSR count). The van der Waals surface area contributed by atoms with Gasteiger partial charge in [0.05, 0.1) is 22.4 Å². The Morgan fingerprint density at radius 1 is 1.15 bits per heavy atom. The Balaban J connectivity index is 2.04. The molecule has 1 aromatic heterocycles. The summed E-state index contributed by atoms with van der Waals surface area (Å²) >= 11 is 0. The number of primary amides is 1. The van der Waals surface area contributed by atoms with Crippen LogP contribution in [0.4, 0.5) is 5.69 Å². The van der Waals surface area contributed by atoms with Crippen molar-refractivity contribution in [2.45, 2.75) is 26.4 Å². The van der Waals surface area contributed by atoms with Gasteiger partial charge >= 0.3 is 0 Å². The molecule has 0 atom stereocenters. The van der Waals surface area contributed by atoms with Crippen LogP contribution in [0, 0.1) is 6.92 Å². The standard InChI is InChI=1S/C25H25N3O4S/c1-5-33(31,32)28-20-8-6-7-16(14(20)2)17-11-12-19(24(26)29)23-22(17)18-10-9-15(25(3,4)30)13-21(18)27-23/h5-13,27-28,30H,1H2,2-4H3,(H2,26,29). The van der Waals surface area contributed by atoms with Gasteiger partial charge in [0, 0.05) is 21.7 Å². The van der Waals surface area contributed by atoms with Crippen LogP contribution in [0.15, 0.2) is 60.5 Å². The average molecular weight is 464 g/mol. The highest BCUT2D eigenvalue weighted by molar-refractivity contribution is 7.95. The number of sulfonamides is 1. The highest BCUT2D eigenvalue weighted by Gasteiger charge is 2.21. The van der Waals surface area contributed by atoms with Crippen molar-refractivity contribution < 1.29 is 18.3 Å². The van der Waals surface area contributed by atoms with Gasteiger partial charge < -0.3 is 15.8 Å². The van der Waals surface area contributed by atoms with E-state index in [1.54, 1.807) is 32.0 Å². The quantitative estimate of drug-likeness (QED) is 0.336. The molecule has 0 aliphatic carbocycles. The zero-order chi connectivity index (χ0) is 24.1. The molecule has 7 nitrogen and oxygen atoms in total. The van der Waals surface area contributed by atoms with Gasteiger partial charge in [-0.2, -0.15) is 0 Å². The van der Waals surface area contributed by atoms with Crippen LogP contribution >= 0.6 is 0 Å². The first-order chi connectivity index (χ1) is 15.4. The first kappa shape index (κ1) is 22.6. The number of rotatable bonds is 6. The number of fused-ring (bicyclic) bond motifs is 3. The minimum atomic E-state index is -3.67. The highest BCUT2D eigenvalue weighted by Crippen LogP contribution is 2.40. The highest BCUT2D eigenvalue weighted by atomic mass is 32.2. The molecule has 1 heterocycles. The number of aliphatic hydroxyl groups is 1. The maximum Gasteiger partial charge on any atom is 0.254 e. The third kappa shape index (κ3) is 3.99. The third-order valence-electron chi connectivity index (χ3n) is 5.82. The Bertz CT molecular complexity index is 1540. The maximum absolute atomic E-state index is 12.2. The van der Waals surface area contributed by atoms with E-state index in [4.69, 9.17) is 5.73 Å². The van der Waals surface area contributed by atoms with Gasteiger partial charge in [-0.3, -0.25) is 9.52 Å². The monoisotopic (exact) mass is 463 g/mol. The van der Waals surface area contributed by atoms with Crippen molar-refractivity contribution in [2.24, 2.45) is 5.73 Å². The molecule has 8 heteroatoms. The second-order valence-electron chi connectivity index (χ2n) is 8.51. The van der Waals surface area contributed by atoms with Crippen LogP contribution in [-0.4, -0.2) is 24.4 Å². The van der Waals surface area contributed by atoms with E-state index in [1.165, 1.54) is 0 Å². The largest absolute Gasteiger partial charge is 0.386 e. The van der Waals surface area contributed by atoms with Gasteiger partial charge in [-0.15, -0.1) is 0 Å². The number of carbonyl (C=O) groups is 1. The number of hydrogen-bond donors (Lipinski definition) is 4. The van der Waals surface area contributed by atoms with Gasteiger partial charge in [0.15, 0.2) is 0 Å². The van der Waals surface area contributed by atoms with Gasteiger partial charge in [0.1, 0.15) is 0 Å². The van der Waals surface area contributed by atoms with Crippen molar-refractivity contribution in [1.82, 2.24) is 4.98 Å². The summed E-state index contributed by atoms with van der Waals surface area (Å²) in [5.41, 5.74) is 9.78. The molecule has 0 saturated carbocycles. The zero-order valence-electron chi connectivity index (χ0n) is 18.6. The second-order valence-corrected chi connectivity index (χ2v) is 10.1. The van der Waals surface area contributed by atoms with Gasteiger partial charge in [0.2, 0.25) is 0 Å². The molecule has 0 aliphatic heterocycles. The zero-order valence-corrected chi connectivity index (χ0v) is 19.4. The number of H-pyrrole nitrogens is 1. The molecular formula is C25H25N3O4S. The Kier molecular flexibility index (Phi) is 5.30. The summed E-state index contributed by atoms with van der Waals surface area (Å²) < 4.78 is 26.6. The number of aromatic nitrogens is 1. The fraction of sp³-hybridized carbons (Fsp3) is 0.160. The molecule has 4 aromatic rings. The summed E-state index contributed by atoms with van der Waals surface area (Å²) in [4.78, 5) is 15.4. The lowest BCUT2D eigenvalue weighted by atomic mass is 9.92. The first-order valence-corrected chi connectivity index (χ1v) is 11.8. The topological polar surface area (TPSA) is 125 Å². The van der Waals surface area contributed by atoms with Crippen molar-refractivity contribution in [3.8, 4) is 11.1 Å². The molecule has 33 heavy (non-hydrogen) atoms. The smallest absolute Gasteiger partial charge is 0.254 e. The predicted octanol–water partition coefficient (Wildman–Crippen LogP) is 4.51. The van der Waals surface area contributed by atoms with E-state index >= 15 is 0 Å². The fourth-order valence-electron chi connectivity index (χ4n) is 4.06. The van der Waals surface area contributed by atoms with E-state index in [-0.39, 0.29) is 0 Å². The number of nitrogens with two attached hydrogens (primary N) is 1. The Labute approximate surface area is 192 Å². The van der Waals surface area contributed by atoms with Gasteiger partial charge in [0.25, 0.3) is 15.9 Å². The van der Waals surface area contributed by atoms with Crippen LogP contribution in [0.2, 0.25) is 0 Å². The fourth-order valence-corrected chi connectivity index (χ4v) is 4.67. The normalized spacial score (nSPS) is 12.2. The van der Waals surface area contributed by atoms with Crippen LogP contribution in [0.3, 0.4) is 0 Å². The molecule has 0 bridgehead atoms. The molecule has 0 fully saturated rings. The van der Waals surface area contributed by atoms with Gasteiger partial charge in [-0.25, -0.2) is 8.42 Å². The molecule has 0 aliphatic rings. The Morgan fingerprint density at radius 3 is 2.52 bits per heavy atom. The number of nitrogens with one attached hydrogen (secondary N) is 2. The van der Waals surface area contributed by atoms with Crippen LogP contribution in [-0.2, 0) is 15.6 Å². The lowest BCUT2D eigenvalue weighted by Crippen LogP contribution is -2.14. The molecule has 1 amide bonds. The summed E-state index contributed by atoms with van der Waals surface area (Å²) in [6, 6.07) is 14.4. The van der Waals surface area contributed by atoms with Crippen molar-refractivity contribution >= 4 is 43.4 Å². The summed E-state index contributed by atoms with van der Waals surface area (Å²) in [6.45, 7) is 8.58. The van der Waals surface area contributed by atoms with Gasteiger partial charge in [-0.05, 0) is 61.2 Å². The molecular weight excluding hydrogens is 438 g/mol. The molecule has 0 radical (unpaired) electrons. The van der Waals surface area contributed by atoms with E-state index in [9.17, 15) is 18.3 Å².